The second-order valence-electron chi connectivity index (χ2n) is 8.25. The van der Waals surface area contributed by atoms with Crippen molar-refractivity contribution in [2.75, 3.05) is 37.9 Å². The lowest BCUT2D eigenvalue weighted by Crippen LogP contribution is -2.39. The molecule has 0 amide bonds. The van der Waals surface area contributed by atoms with Gasteiger partial charge in [0.15, 0.2) is 11.5 Å². The normalized spacial score (nSPS) is 22.1. The lowest BCUT2D eigenvalue weighted by atomic mass is 10.2. The van der Waals surface area contributed by atoms with Crippen molar-refractivity contribution in [3.63, 3.8) is 0 Å². The fourth-order valence-corrected chi connectivity index (χ4v) is 6.47. The van der Waals surface area contributed by atoms with Gasteiger partial charge in [-0.2, -0.15) is 0 Å². The number of methoxy groups -OCH3 is 1. The van der Waals surface area contributed by atoms with Crippen LogP contribution >= 0.6 is 11.6 Å². The molecule has 7 nitrogen and oxygen atoms in total. The number of rotatable bonds is 8. The maximum absolute atomic E-state index is 13.5. The molecule has 0 saturated carbocycles. The zero-order chi connectivity index (χ0) is 22.9. The third kappa shape index (κ3) is 4.62. The number of ether oxygens (including phenoxy) is 2. The fraction of sp³-hybridized carbons (Fsp3) is 0.391. The van der Waals surface area contributed by atoms with Crippen LogP contribution in [0.15, 0.2) is 36.7 Å². The average Bonchev–Trinajstić information content (AvgIpc) is 3.38. The van der Waals surface area contributed by atoms with Crippen LogP contribution in [0.3, 0.4) is 0 Å². The standard InChI is InChI=1S/C23H24ClFN4O3S/c1-31-21-10-20-17(23(27-13-26-20)28-14-3-4-19(25)18(24)7-14)9-22(21)32-6-2-5-29-11-16-8-15(29)12-33(16)30/h3-4,7,9-10,13,15-16H,2,5-6,8,11-12H2,1H3,(H,26,27,28). The number of likely N-dealkylation sites (tertiary alicyclic amines) is 1. The first-order valence-corrected chi connectivity index (χ1v) is 12.6. The number of fused-ring (bicyclic) bond motifs is 3. The van der Waals surface area contributed by atoms with E-state index >= 15 is 0 Å². The molecule has 174 valence electrons. The van der Waals surface area contributed by atoms with E-state index in [1.54, 1.807) is 13.2 Å². The highest BCUT2D eigenvalue weighted by Crippen LogP contribution is 2.35. The number of halogens is 2. The van der Waals surface area contributed by atoms with E-state index in [9.17, 15) is 8.60 Å². The zero-order valence-electron chi connectivity index (χ0n) is 18.1. The first-order chi connectivity index (χ1) is 16.0. The Labute approximate surface area is 198 Å². The van der Waals surface area contributed by atoms with Crippen LogP contribution < -0.4 is 14.8 Å². The number of nitrogens with one attached hydrogen (secondary N) is 1. The zero-order valence-corrected chi connectivity index (χ0v) is 19.7. The van der Waals surface area contributed by atoms with Gasteiger partial charge in [0.2, 0.25) is 0 Å². The topological polar surface area (TPSA) is 76.6 Å². The van der Waals surface area contributed by atoms with E-state index in [0.717, 1.165) is 37.1 Å². The maximum Gasteiger partial charge on any atom is 0.162 e. The number of hydrogen-bond donors (Lipinski definition) is 1. The molecular weight excluding hydrogens is 467 g/mol. The van der Waals surface area contributed by atoms with E-state index in [1.807, 2.05) is 12.1 Å². The van der Waals surface area contributed by atoms with Gasteiger partial charge in [-0.25, -0.2) is 14.4 Å². The van der Waals surface area contributed by atoms with Crippen molar-refractivity contribution in [2.45, 2.75) is 24.1 Å². The summed E-state index contributed by atoms with van der Waals surface area (Å²) >= 11 is 5.91. The van der Waals surface area contributed by atoms with E-state index in [1.165, 1.54) is 18.5 Å². The Morgan fingerprint density at radius 1 is 1.27 bits per heavy atom. The highest BCUT2D eigenvalue weighted by molar-refractivity contribution is 7.86. The van der Waals surface area contributed by atoms with Crippen molar-refractivity contribution in [3.8, 4) is 11.5 Å². The Balaban J connectivity index is 1.30. The first kappa shape index (κ1) is 22.3. The fourth-order valence-electron chi connectivity index (χ4n) is 4.50. The molecule has 3 unspecified atom stereocenters. The number of hydrogen-bond acceptors (Lipinski definition) is 7. The average molecular weight is 491 g/mol. The van der Waals surface area contributed by atoms with Crippen molar-refractivity contribution in [1.29, 1.82) is 0 Å². The molecule has 2 aliphatic heterocycles. The molecule has 0 spiro atoms. The Morgan fingerprint density at radius 2 is 2.15 bits per heavy atom. The molecule has 2 aliphatic rings. The van der Waals surface area contributed by atoms with Crippen LogP contribution in [0.2, 0.25) is 5.02 Å². The van der Waals surface area contributed by atoms with Gasteiger partial charge in [-0.15, -0.1) is 0 Å². The number of benzene rings is 2. The van der Waals surface area contributed by atoms with Crippen LogP contribution in [0.4, 0.5) is 15.9 Å². The monoisotopic (exact) mass is 490 g/mol. The molecule has 3 atom stereocenters. The van der Waals surface area contributed by atoms with Crippen LogP contribution in [0.25, 0.3) is 10.9 Å². The van der Waals surface area contributed by atoms with Crippen LogP contribution in [-0.4, -0.2) is 62.9 Å². The molecule has 3 heterocycles. The van der Waals surface area contributed by atoms with Crippen molar-refractivity contribution in [3.05, 3.63) is 47.5 Å². The summed E-state index contributed by atoms with van der Waals surface area (Å²) in [6.45, 7) is 2.38. The van der Waals surface area contributed by atoms with Crippen LogP contribution in [0.1, 0.15) is 12.8 Å². The molecule has 0 radical (unpaired) electrons. The first-order valence-electron chi connectivity index (χ1n) is 10.8. The summed E-state index contributed by atoms with van der Waals surface area (Å²) < 4.78 is 36.9. The quantitative estimate of drug-likeness (QED) is 0.475. The molecule has 5 rings (SSSR count). The minimum Gasteiger partial charge on any atom is -0.493 e. The molecule has 1 aromatic heterocycles. The molecule has 0 aliphatic carbocycles. The molecule has 2 bridgehead atoms. The van der Waals surface area contributed by atoms with E-state index < -0.39 is 16.6 Å². The predicted octanol–water partition coefficient (Wildman–Crippen LogP) is 4.15. The van der Waals surface area contributed by atoms with Gasteiger partial charge >= 0.3 is 0 Å². The van der Waals surface area contributed by atoms with E-state index in [4.69, 9.17) is 21.1 Å². The molecule has 2 fully saturated rings. The molecule has 1 N–H and O–H groups in total. The van der Waals surface area contributed by atoms with Crippen molar-refractivity contribution >= 4 is 44.8 Å². The van der Waals surface area contributed by atoms with Gasteiger partial charge in [0.05, 0.1) is 24.3 Å². The molecule has 33 heavy (non-hydrogen) atoms. The number of anilines is 2. The summed E-state index contributed by atoms with van der Waals surface area (Å²) in [5, 5.41) is 4.29. The van der Waals surface area contributed by atoms with E-state index in [0.29, 0.717) is 46.4 Å². The molecular formula is C23H24ClFN4O3S. The molecule has 10 heteroatoms. The molecule has 3 aromatic rings. The molecule has 2 saturated heterocycles. The minimum absolute atomic E-state index is 0.0292. The van der Waals surface area contributed by atoms with Gasteiger partial charge in [0.25, 0.3) is 0 Å². The highest BCUT2D eigenvalue weighted by Gasteiger charge is 2.42. The third-order valence-electron chi connectivity index (χ3n) is 6.17. The second-order valence-corrected chi connectivity index (χ2v) is 10.4. The predicted molar refractivity (Wildman–Crippen MR) is 128 cm³/mol. The van der Waals surface area contributed by atoms with Crippen LogP contribution in [0, 0.1) is 5.82 Å². The summed E-state index contributed by atoms with van der Waals surface area (Å²) in [6, 6.07) is 8.52. The lowest BCUT2D eigenvalue weighted by molar-refractivity contribution is 0.225. The second kappa shape index (κ2) is 9.40. The Morgan fingerprint density at radius 3 is 2.88 bits per heavy atom. The highest BCUT2D eigenvalue weighted by atomic mass is 35.5. The van der Waals surface area contributed by atoms with Gasteiger partial charge in [0.1, 0.15) is 18.0 Å². The van der Waals surface area contributed by atoms with Crippen molar-refractivity contribution in [2.24, 2.45) is 0 Å². The van der Waals surface area contributed by atoms with Gasteiger partial charge in [-0.3, -0.25) is 9.11 Å². The maximum atomic E-state index is 13.5. The Kier molecular flexibility index (Phi) is 6.36. The van der Waals surface area contributed by atoms with Crippen molar-refractivity contribution < 1.29 is 18.1 Å². The van der Waals surface area contributed by atoms with E-state index in [-0.39, 0.29) is 5.02 Å². The summed E-state index contributed by atoms with van der Waals surface area (Å²) in [5.41, 5.74) is 1.30. The summed E-state index contributed by atoms with van der Waals surface area (Å²) in [5.74, 6) is 2.07. The van der Waals surface area contributed by atoms with Gasteiger partial charge in [-0.05, 0) is 37.1 Å². The summed E-state index contributed by atoms with van der Waals surface area (Å²) in [6.07, 6.45) is 3.37. The van der Waals surface area contributed by atoms with Gasteiger partial charge in [0, 0.05) is 58.1 Å². The smallest absolute Gasteiger partial charge is 0.162 e. The Hall–Kier alpha value is -2.49. The van der Waals surface area contributed by atoms with Crippen molar-refractivity contribution in [1.82, 2.24) is 14.9 Å². The summed E-state index contributed by atoms with van der Waals surface area (Å²) in [4.78, 5) is 11.1. The minimum atomic E-state index is -0.639. The third-order valence-corrected chi connectivity index (χ3v) is 8.26. The van der Waals surface area contributed by atoms with Gasteiger partial charge < -0.3 is 14.8 Å². The Bertz CT molecular complexity index is 1210. The van der Waals surface area contributed by atoms with E-state index in [2.05, 4.69) is 20.2 Å². The lowest BCUT2D eigenvalue weighted by Gasteiger charge is -2.26. The van der Waals surface area contributed by atoms with Crippen LogP contribution in [-0.2, 0) is 10.8 Å². The molecule has 2 aromatic carbocycles. The van der Waals surface area contributed by atoms with Gasteiger partial charge in [-0.1, -0.05) is 11.6 Å². The largest absolute Gasteiger partial charge is 0.493 e. The van der Waals surface area contributed by atoms with Crippen LogP contribution in [0.5, 0.6) is 11.5 Å². The number of aromatic nitrogens is 2. The SMILES string of the molecule is COc1cc2ncnc(Nc3ccc(F)c(Cl)c3)c2cc1OCCCN1CC2CC1CS2=O. The summed E-state index contributed by atoms with van der Waals surface area (Å²) in [7, 11) is 0.954. The number of nitrogens with zero attached hydrogens (tertiary/aromatic N) is 3.